The van der Waals surface area contributed by atoms with E-state index in [4.69, 9.17) is 0 Å². The molecule has 0 radical (unpaired) electrons. The quantitative estimate of drug-likeness (QED) is 0.922. The Bertz CT molecular complexity index is 496. The molecule has 0 aliphatic carbocycles. The first-order chi connectivity index (χ1) is 10.1. The van der Waals surface area contributed by atoms with Gasteiger partial charge in [0.05, 0.1) is 0 Å². The van der Waals surface area contributed by atoms with Crippen LogP contribution in [-0.4, -0.2) is 29.9 Å². The van der Waals surface area contributed by atoms with Crippen molar-refractivity contribution in [3.8, 4) is 0 Å². The number of piperidine rings is 1. The first-order valence-electron chi connectivity index (χ1n) is 7.84. The van der Waals surface area contributed by atoms with Gasteiger partial charge < -0.3 is 10.2 Å². The van der Waals surface area contributed by atoms with E-state index in [2.05, 4.69) is 5.32 Å². The Morgan fingerprint density at radius 1 is 1.23 bits per heavy atom. The van der Waals surface area contributed by atoms with Gasteiger partial charge in [0.25, 0.3) is 0 Å². The minimum absolute atomic E-state index is 0. The van der Waals surface area contributed by atoms with Crippen molar-refractivity contribution in [1.29, 1.82) is 0 Å². The van der Waals surface area contributed by atoms with Gasteiger partial charge in [0.1, 0.15) is 5.82 Å². The predicted octanol–water partition coefficient (Wildman–Crippen LogP) is 3.13. The maximum absolute atomic E-state index is 12.9. The van der Waals surface area contributed by atoms with Gasteiger partial charge in [-0.3, -0.25) is 4.79 Å². The van der Waals surface area contributed by atoms with Crippen LogP contribution < -0.4 is 5.32 Å². The van der Waals surface area contributed by atoms with Crippen LogP contribution in [0.4, 0.5) is 4.39 Å². The van der Waals surface area contributed by atoms with Gasteiger partial charge in [0.15, 0.2) is 0 Å². The van der Waals surface area contributed by atoms with Gasteiger partial charge in [-0.15, -0.1) is 12.4 Å². The molecule has 1 amide bonds. The highest BCUT2D eigenvalue weighted by Gasteiger charge is 2.34. The molecule has 2 atom stereocenters. The lowest BCUT2D eigenvalue weighted by atomic mass is 9.89. The number of benzene rings is 1. The van der Waals surface area contributed by atoms with E-state index in [-0.39, 0.29) is 24.1 Å². The second-order valence-corrected chi connectivity index (χ2v) is 6.56. The number of carbonyl (C=O) groups is 1. The molecule has 2 saturated heterocycles. The number of nitrogens with one attached hydrogen (secondary N) is 1. The standard InChI is InChI=1S/C17H23FN2O.ClH/c1-20(11-12-2-4-14(18)5-3-12)17(21)10-13-8-15-6-7-16(9-13)19-15;/h2-5,13,15-16,19H,6-11H2,1H3;1H. The third-order valence-corrected chi connectivity index (χ3v) is 4.79. The van der Waals surface area contributed by atoms with E-state index in [1.54, 1.807) is 17.0 Å². The van der Waals surface area contributed by atoms with Crippen molar-refractivity contribution < 1.29 is 9.18 Å². The molecule has 1 aromatic carbocycles. The molecule has 1 aromatic rings. The lowest BCUT2D eigenvalue weighted by Crippen LogP contribution is -2.39. The Labute approximate surface area is 137 Å². The predicted molar refractivity (Wildman–Crippen MR) is 87.4 cm³/mol. The first kappa shape index (κ1) is 17.2. The van der Waals surface area contributed by atoms with Crippen LogP contribution >= 0.6 is 12.4 Å². The van der Waals surface area contributed by atoms with Crippen LogP contribution in [0, 0.1) is 11.7 Å². The van der Waals surface area contributed by atoms with E-state index in [1.165, 1.54) is 25.0 Å². The van der Waals surface area contributed by atoms with Gasteiger partial charge >= 0.3 is 0 Å². The van der Waals surface area contributed by atoms with Crippen molar-refractivity contribution in [1.82, 2.24) is 10.2 Å². The summed E-state index contributed by atoms with van der Waals surface area (Å²) in [6.45, 7) is 0.553. The maximum Gasteiger partial charge on any atom is 0.222 e. The third kappa shape index (κ3) is 4.20. The van der Waals surface area contributed by atoms with Crippen LogP contribution in [0.3, 0.4) is 0 Å². The molecule has 1 N–H and O–H groups in total. The molecule has 2 fully saturated rings. The second-order valence-electron chi connectivity index (χ2n) is 6.56. The monoisotopic (exact) mass is 326 g/mol. The molecule has 2 heterocycles. The van der Waals surface area contributed by atoms with Crippen molar-refractivity contribution in [3.63, 3.8) is 0 Å². The normalized spacial score (nSPS) is 26.4. The Morgan fingerprint density at radius 2 is 1.82 bits per heavy atom. The summed E-state index contributed by atoms with van der Waals surface area (Å²) >= 11 is 0. The molecule has 0 saturated carbocycles. The van der Waals surface area contributed by atoms with Crippen molar-refractivity contribution in [2.45, 2.75) is 50.7 Å². The fourth-order valence-corrected chi connectivity index (χ4v) is 3.70. The van der Waals surface area contributed by atoms with Crippen LogP contribution in [-0.2, 0) is 11.3 Å². The molecule has 2 unspecified atom stereocenters. The van der Waals surface area contributed by atoms with Gasteiger partial charge in [-0.05, 0) is 49.3 Å². The van der Waals surface area contributed by atoms with Gasteiger partial charge in [-0.25, -0.2) is 4.39 Å². The second kappa shape index (κ2) is 7.42. The summed E-state index contributed by atoms with van der Waals surface area (Å²) < 4.78 is 12.9. The summed E-state index contributed by atoms with van der Waals surface area (Å²) in [6.07, 6.45) is 5.44. The highest BCUT2D eigenvalue weighted by Crippen LogP contribution is 2.32. The molecule has 0 spiro atoms. The van der Waals surface area contributed by atoms with E-state index in [1.807, 2.05) is 7.05 Å². The van der Waals surface area contributed by atoms with Crippen molar-refractivity contribution in [2.75, 3.05) is 7.05 Å². The van der Waals surface area contributed by atoms with Crippen molar-refractivity contribution in [2.24, 2.45) is 5.92 Å². The van der Waals surface area contributed by atoms with Gasteiger partial charge in [-0.2, -0.15) is 0 Å². The molecule has 2 aliphatic heterocycles. The highest BCUT2D eigenvalue weighted by molar-refractivity contribution is 5.85. The zero-order valence-electron chi connectivity index (χ0n) is 12.9. The SMILES string of the molecule is CN(Cc1ccc(F)cc1)C(=O)CC1CC2CCC(C1)N2.Cl. The Morgan fingerprint density at radius 3 is 2.41 bits per heavy atom. The topological polar surface area (TPSA) is 32.3 Å². The molecule has 3 nitrogen and oxygen atoms in total. The first-order valence-corrected chi connectivity index (χ1v) is 7.84. The zero-order chi connectivity index (χ0) is 14.8. The average molecular weight is 327 g/mol. The van der Waals surface area contributed by atoms with Crippen LogP contribution in [0.25, 0.3) is 0 Å². The Hall–Kier alpha value is -1.13. The number of amides is 1. The van der Waals surface area contributed by atoms with Gasteiger partial charge in [0.2, 0.25) is 5.91 Å². The third-order valence-electron chi connectivity index (χ3n) is 4.79. The summed E-state index contributed by atoms with van der Waals surface area (Å²) in [6, 6.07) is 7.62. The molecule has 122 valence electrons. The zero-order valence-corrected chi connectivity index (χ0v) is 13.7. The molecule has 5 heteroatoms. The molecule has 0 aromatic heterocycles. The maximum atomic E-state index is 12.9. The highest BCUT2D eigenvalue weighted by atomic mass is 35.5. The number of carbonyl (C=O) groups excluding carboxylic acids is 1. The number of rotatable bonds is 4. The summed E-state index contributed by atoms with van der Waals surface area (Å²) in [5.74, 6) is 0.482. The largest absolute Gasteiger partial charge is 0.341 e. The number of hydrogen-bond donors (Lipinski definition) is 1. The Kier molecular flexibility index (Phi) is 5.81. The molecule has 3 rings (SSSR count). The van der Waals surface area contributed by atoms with Crippen LogP contribution in [0.15, 0.2) is 24.3 Å². The summed E-state index contributed by atoms with van der Waals surface area (Å²) in [5, 5.41) is 3.61. The summed E-state index contributed by atoms with van der Waals surface area (Å²) in [4.78, 5) is 14.1. The number of hydrogen-bond acceptors (Lipinski definition) is 2. The molecule has 2 aliphatic rings. The number of nitrogens with zero attached hydrogens (tertiary/aromatic N) is 1. The van der Waals surface area contributed by atoms with Crippen LogP contribution in [0.1, 0.15) is 37.7 Å². The molecular formula is C17H24ClFN2O. The average Bonchev–Trinajstić information content (AvgIpc) is 2.80. The fraction of sp³-hybridized carbons (Fsp3) is 0.588. The minimum atomic E-state index is -0.238. The van der Waals surface area contributed by atoms with E-state index >= 15 is 0 Å². The van der Waals surface area contributed by atoms with Crippen molar-refractivity contribution >= 4 is 18.3 Å². The van der Waals surface area contributed by atoms with E-state index in [9.17, 15) is 9.18 Å². The fourth-order valence-electron chi connectivity index (χ4n) is 3.70. The van der Waals surface area contributed by atoms with Crippen LogP contribution in [0.2, 0.25) is 0 Å². The minimum Gasteiger partial charge on any atom is -0.341 e. The van der Waals surface area contributed by atoms with E-state index in [0.717, 1.165) is 18.4 Å². The lowest BCUT2D eigenvalue weighted by molar-refractivity contribution is -0.131. The van der Waals surface area contributed by atoms with Crippen molar-refractivity contribution in [3.05, 3.63) is 35.6 Å². The van der Waals surface area contributed by atoms with Gasteiger partial charge in [-0.1, -0.05) is 12.1 Å². The Balaban J connectivity index is 0.00000176. The smallest absolute Gasteiger partial charge is 0.222 e. The lowest BCUT2D eigenvalue weighted by Gasteiger charge is -2.30. The molecule has 22 heavy (non-hydrogen) atoms. The van der Waals surface area contributed by atoms with E-state index in [0.29, 0.717) is 31.0 Å². The summed E-state index contributed by atoms with van der Waals surface area (Å²) in [5.41, 5.74) is 0.970. The van der Waals surface area contributed by atoms with E-state index < -0.39 is 0 Å². The number of halogens is 2. The molecular weight excluding hydrogens is 303 g/mol. The van der Waals surface area contributed by atoms with Gasteiger partial charge in [0, 0.05) is 32.1 Å². The molecule has 2 bridgehead atoms. The summed E-state index contributed by atoms with van der Waals surface area (Å²) in [7, 11) is 1.83. The van der Waals surface area contributed by atoms with Crippen LogP contribution in [0.5, 0.6) is 0 Å². The number of fused-ring (bicyclic) bond motifs is 2.